The number of fused-ring (bicyclic) bond motifs is 1. The fraction of sp³-hybridized carbons (Fsp3) is 0.0625. The van der Waals surface area contributed by atoms with Crippen LogP contribution in [0.3, 0.4) is 0 Å². The maximum absolute atomic E-state index is 12.1. The fourth-order valence-electron chi connectivity index (χ4n) is 2.20. The highest BCUT2D eigenvalue weighted by Gasteiger charge is 2.05. The van der Waals surface area contributed by atoms with Gasteiger partial charge in [-0.2, -0.15) is 0 Å². The van der Waals surface area contributed by atoms with E-state index >= 15 is 0 Å². The Morgan fingerprint density at radius 3 is 2.47 bits per heavy atom. The van der Waals surface area contributed by atoms with Gasteiger partial charge in [0.2, 0.25) is 0 Å². The lowest BCUT2D eigenvalue weighted by Gasteiger charge is -2.11. The zero-order valence-electron chi connectivity index (χ0n) is 10.2. The van der Waals surface area contributed by atoms with Gasteiger partial charge in [-0.05, 0) is 29.1 Å². The summed E-state index contributed by atoms with van der Waals surface area (Å²) >= 11 is 3.53. The number of rotatable bonds is 2. The number of para-hydroxylation sites is 1. The highest BCUT2D eigenvalue weighted by molar-refractivity contribution is 9.10. The third-order valence-electron chi connectivity index (χ3n) is 3.19. The van der Waals surface area contributed by atoms with E-state index in [1.165, 1.54) is 0 Å². The number of hydrogen-bond donors (Lipinski definition) is 0. The Balaban J connectivity index is 2.18. The lowest BCUT2D eigenvalue weighted by Crippen LogP contribution is -2.20. The van der Waals surface area contributed by atoms with Crippen molar-refractivity contribution < 1.29 is 0 Å². The van der Waals surface area contributed by atoms with Crippen molar-refractivity contribution >= 4 is 26.8 Å². The molecule has 94 valence electrons. The summed E-state index contributed by atoms with van der Waals surface area (Å²) < 4.78 is 2.82. The Labute approximate surface area is 119 Å². The molecular weight excluding hydrogens is 302 g/mol. The predicted octanol–water partition coefficient (Wildman–Crippen LogP) is 3.81. The van der Waals surface area contributed by atoms with Gasteiger partial charge in [0.25, 0.3) is 5.56 Å². The summed E-state index contributed by atoms with van der Waals surface area (Å²) in [5.74, 6) is 0. The zero-order valence-corrected chi connectivity index (χ0v) is 11.8. The second kappa shape index (κ2) is 5.02. The van der Waals surface area contributed by atoms with Crippen molar-refractivity contribution in [1.82, 2.24) is 4.57 Å². The standard InChI is InChI=1S/C16H12BrNO/c17-14-7-3-1-6-13(14)11-18-15-8-4-2-5-12(15)9-10-16(18)19/h1-10H,11H2. The molecule has 0 fully saturated rings. The predicted molar refractivity (Wildman–Crippen MR) is 81.5 cm³/mol. The maximum atomic E-state index is 12.1. The number of nitrogens with zero attached hydrogens (tertiary/aromatic N) is 1. The van der Waals surface area contributed by atoms with Crippen molar-refractivity contribution in [1.29, 1.82) is 0 Å². The van der Waals surface area contributed by atoms with E-state index in [4.69, 9.17) is 0 Å². The fourth-order valence-corrected chi connectivity index (χ4v) is 2.61. The number of aromatic nitrogens is 1. The number of benzene rings is 2. The zero-order chi connectivity index (χ0) is 13.2. The van der Waals surface area contributed by atoms with Gasteiger partial charge < -0.3 is 4.57 Å². The van der Waals surface area contributed by atoms with Gasteiger partial charge in [0.1, 0.15) is 0 Å². The summed E-state index contributed by atoms with van der Waals surface area (Å²) in [4.78, 5) is 12.1. The van der Waals surface area contributed by atoms with Crippen LogP contribution in [0.25, 0.3) is 10.9 Å². The van der Waals surface area contributed by atoms with E-state index in [1.54, 1.807) is 10.6 Å². The molecule has 3 aromatic rings. The molecule has 2 aromatic carbocycles. The van der Waals surface area contributed by atoms with E-state index in [9.17, 15) is 4.79 Å². The van der Waals surface area contributed by atoms with Crippen molar-refractivity contribution in [3.63, 3.8) is 0 Å². The molecule has 1 aromatic heterocycles. The van der Waals surface area contributed by atoms with Crippen molar-refractivity contribution in [2.75, 3.05) is 0 Å². The molecule has 0 saturated heterocycles. The molecule has 0 aliphatic carbocycles. The third kappa shape index (κ3) is 2.34. The molecule has 0 aliphatic heterocycles. The van der Waals surface area contributed by atoms with Gasteiger partial charge in [-0.15, -0.1) is 0 Å². The van der Waals surface area contributed by atoms with E-state index in [2.05, 4.69) is 15.9 Å². The highest BCUT2D eigenvalue weighted by atomic mass is 79.9. The SMILES string of the molecule is O=c1ccc2ccccc2n1Cc1ccccc1Br. The summed E-state index contributed by atoms with van der Waals surface area (Å²) in [6, 6.07) is 19.4. The summed E-state index contributed by atoms with van der Waals surface area (Å²) in [7, 11) is 0. The van der Waals surface area contributed by atoms with Crippen LogP contribution in [0.2, 0.25) is 0 Å². The Bertz CT molecular complexity index is 792. The largest absolute Gasteiger partial charge is 0.304 e. The molecule has 0 N–H and O–H groups in total. The molecule has 19 heavy (non-hydrogen) atoms. The minimum atomic E-state index is 0.0226. The molecular formula is C16H12BrNO. The van der Waals surface area contributed by atoms with Crippen LogP contribution in [0.1, 0.15) is 5.56 Å². The van der Waals surface area contributed by atoms with E-state index in [-0.39, 0.29) is 5.56 Å². The second-order valence-electron chi connectivity index (χ2n) is 4.41. The quantitative estimate of drug-likeness (QED) is 0.705. The minimum Gasteiger partial charge on any atom is -0.304 e. The van der Waals surface area contributed by atoms with Gasteiger partial charge in [0.05, 0.1) is 12.1 Å². The molecule has 0 aliphatic rings. The summed E-state index contributed by atoms with van der Waals surface area (Å²) in [6.45, 7) is 0.571. The van der Waals surface area contributed by atoms with Crippen LogP contribution in [0, 0.1) is 0 Å². The van der Waals surface area contributed by atoms with Crippen LogP contribution < -0.4 is 5.56 Å². The summed E-state index contributed by atoms with van der Waals surface area (Å²) in [5, 5.41) is 1.08. The molecule has 0 bridgehead atoms. The minimum absolute atomic E-state index is 0.0226. The normalized spacial score (nSPS) is 10.8. The number of pyridine rings is 1. The third-order valence-corrected chi connectivity index (χ3v) is 3.96. The van der Waals surface area contributed by atoms with Gasteiger partial charge in [-0.1, -0.05) is 52.3 Å². The van der Waals surface area contributed by atoms with Crippen LogP contribution >= 0.6 is 15.9 Å². The lowest BCUT2D eigenvalue weighted by molar-refractivity contribution is 0.792. The van der Waals surface area contributed by atoms with Gasteiger partial charge in [0.15, 0.2) is 0 Å². The lowest BCUT2D eigenvalue weighted by atomic mass is 10.2. The van der Waals surface area contributed by atoms with Gasteiger partial charge in [-0.3, -0.25) is 4.79 Å². The van der Waals surface area contributed by atoms with Crippen LogP contribution in [-0.2, 0) is 6.54 Å². The molecule has 0 spiro atoms. The van der Waals surface area contributed by atoms with E-state index in [1.807, 2.05) is 54.6 Å². The maximum Gasteiger partial charge on any atom is 0.251 e. The van der Waals surface area contributed by atoms with Gasteiger partial charge >= 0.3 is 0 Å². The summed E-state index contributed by atoms with van der Waals surface area (Å²) in [6.07, 6.45) is 0. The topological polar surface area (TPSA) is 22.0 Å². The second-order valence-corrected chi connectivity index (χ2v) is 5.26. The molecule has 3 heteroatoms. The molecule has 0 amide bonds. The van der Waals surface area contributed by atoms with Crippen molar-refractivity contribution in [3.8, 4) is 0 Å². The average molecular weight is 314 g/mol. The van der Waals surface area contributed by atoms with E-state index in [0.29, 0.717) is 6.54 Å². The molecule has 3 rings (SSSR count). The van der Waals surface area contributed by atoms with Crippen LogP contribution in [0.4, 0.5) is 0 Å². The number of hydrogen-bond acceptors (Lipinski definition) is 1. The van der Waals surface area contributed by atoms with E-state index < -0.39 is 0 Å². The molecule has 0 saturated carbocycles. The van der Waals surface area contributed by atoms with Crippen molar-refractivity contribution in [2.24, 2.45) is 0 Å². The summed E-state index contributed by atoms with van der Waals surface area (Å²) in [5.41, 5.74) is 2.08. The van der Waals surface area contributed by atoms with Gasteiger partial charge in [0, 0.05) is 10.5 Å². The Hall–Kier alpha value is -1.87. The van der Waals surface area contributed by atoms with Crippen LogP contribution in [0.15, 0.2) is 69.9 Å². The Morgan fingerprint density at radius 2 is 1.63 bits per heavy atom. The first-order valence-corrected chi connectivity index (χ1v) is 6.87. The van der Waals surface area contributed by atoms with Crippen molar-refractivity contribution in [2.45, 2.75) is 6.54 Å². The van der Waals surface area contributed by atoms with E-state index in [0.717, 1.165) is 20.9 Å². The Kier molecular flexibility index (Phi) is 3.22. The first kappa shape index (κ1) is 12.2. The van der Waals surface area contributed by atoms with Crippen molar-refractivity contribution in [3.05, 3.63) is 81.1 Å². The molecule has 0 unspecified atom stereocenters. The van der Waals surface area contributed by atoms with Gasteiger partial charge in [-0.25, -0.2) is 0 Å². The first-order valence-electron chi connectivity index (χ1n) is 6.08. The molecule has 2 nitrogen and oxygen atoms in total. The monoisotopic (exact) mass is 313 g/mol. The molecule has 0 atom stereocenters. The molecule has 0 radical (unpaired) electrons. The van der Waals surface area contributed by atoms with Crippen LogP contribution in [0.5, 0.6) is 0 Å². The number of halogens is 1. The van der Waals surface area contributed by atoms with Crippen LogP contribution in [-0.4, -0.2) is 4.57 Å². The highest BCUT2D eigenvalue weighted by Crippen LogP contribution is 2.18. The average Bonchev–Trinajstić information content (AvgIpc) is 2.44. The first-order chi connectivity index (χ1) is 9.25. The smallest absolute Gasteiger partial charge is 0.251 e. The Morgan fingerprint density at radius 1 is 0.895 bits per heavy atom. The molecule has 1 heterocycles.